The minimum atomic E-state index is -4.63. The number of nitrogens with zero attached hydrogens (tertiary/aromatic N) is 5. The number of halogens is 5. The number of aromatic nitrogens is 4. The molecule has 0 radical (unpaired) electrons. The van der Waals surface area contributed by atoms with Crippen LogP contribution in [0.1, 0.15) is 40.1 Å². The number of thiazole rings is 1. The van der Waals surface area contributed by atoms with Gasteiger partial charge < -0.3 is 10.2 Å². The molecule has 1 aliphatic rings. The summed E-state index contributed by atoms with van der Waals surface area (Å²) in [5, 5.41) is 3.42. The number of aryl methyl sites for hydroxylation is 2. The minimum absolute atomic E-state index is 0.00966. The Morgan fingerprint density at radius 2 is 1.92 bits per heavy atom. The maximum absolute atomic E-state index is 14.6. The van der Waals surface area contributed by atoms with Crippen molar-refractivity contribution >= 4 is 23.1 Å². The fraction of sp³-hybridized carbons (Fsp3) is 0.435. The number of amides is 1. The Labute approximate surface area is 207 Å². The van der Waals surface area contributed by atoms with Crippen molar-refractivity contribution in [3.05, 3.63) is 52.7 Å². The number of anilines is 1. The summed E-state index contributed by atoms with van der Waals surface area (Å²) in [5.41, 5.74) is 0.334. The molecule has 13 heteroatoms. The first kappa shape index (κ1) is 25.9. The first-order valence-electron chi connectivity index (χ1n) is 11.1. The molecule has 0 aliphatic carbocycles. The van der Waals surface area contributed by atoms with Crippen LogP contribution in [0, 0.1) is 19.8 Å². The molecule has 0 aromatic carbocycles. The van der Waals surface area contributed by atoms with Crippen molar-refractivity contribution in [1.82, 2.24) is 24.8 Å². The van der Waals surface area contributed by atoms with E-state index in [0.717, 1.165) is 16.7 Å². The monoisotopic (exact) mass is 526 g/mol. The molecule has 4 rings (SSSR count). The third kappa shape index (κ3) is 5.61. The van der Waals surface area contributed by atoms with Crippen LogP contribution in [0.5, 0.6) is 0 Å². The Morgan fingerprint density at radius 3 is 2.53 bits per heavy atom. The number of pyridine rings is 1. The van der Waals surface area contributed by atoms with Crippen LogP contribution < -0.4 is 5.32 Å². The van der Waals surface area contributed by atoms with Crippen molar-refractivity contribution in [2.24, 2.45) is 5.92 Å². The van der Waals surface area contributed by atoms with Gasteiger partial charge in [0, 0.05) is 19.2 Å². The molecule has 3 aromatic heterocycles. The number of carbonyl (C=O) groups is 1. The van der Waals surface area contributed by atoms with E-state index in [1.807, 2.05) is 13.0 Å². The van der Waals surface area contributed by atoms with Gasteiger partial charge in [0.15, 0.2) is 5.69 Å². The smallest absolute Gasteiger partial charge is 0.367 e. The SMILES string of the molecule is Cc1ccc(-c2sc(C)nc2C(=O)N2CC(F)(F)CC(C)C2CNc2cnc(C(F)(F)F)cn2)nc1. The number of likely N-dealkylation sites (tertiary alicyclic amines) is 1. The molecule has 0 spiro atoms. The average Bonchev–Trinajstić information content (AvgIpc) is 3.19. The van der Waals surface area contributed by atoms with E-state index in [1.54, 1.807) is 26.1 Å². The van der Waals surface area contributed by atoms with E-state index in [1.165, 1.54) is 11.3 Å². The highest BCUT2D eigenvalue weighted by atomic mass is 32.1. The van der Waals surface area contributed by atoms with Crippen LogP contribution in [0.15, 0.2) is 30.7 Å². The third-order valence-electron chi connectivity index (χ3n) is 5.86. The van der Waals surface area contributed by atoms with E-state index >= 15 is 0 Å². The Bertz CT molecular complexity index is 1230. The van der Waals surface area contributed by atoms with Crippen molar-refractivity contribution < 1.29 is 26.7 Å². The molecule has 192 valence electrons. The number of piperidine rings is 1. The molecule has 4 heterocycles. The van der Waals surface area contributed by atoms with Crippen LogP contribution in [0.2, 0.25) is 0 Å². The van der Waals surface area contributed by atoms with E-state index < -0.39 is 48.6 Å². The lowest BCUT2D eigenvalue weighted by atomic mass is 9.88. The minimum Gasteiger partial charge on any atom is -0.367 e. The van der Waals surface area contributed by atoms with Crippen LogP contribution in [0.25, 0.3) is 10.6 Å². The van der Waals surface area contributed by atoms with Crippen LogP contribution in [-0.4, -0.2) is 55.8 Å². The van der Waals surface area contributed by atoms with E-state index in [4.69, 9.17) is 0 Å². The van der Waals surface area contributed by atoms with E-state index in [-0.39, 0.29) is 18.1 Å². The second-order valence-electron chi connectivity index (χ2n) is 8.83. The third-order valence-corrected chi connectivity index (χ3v) is 6.85. The van der Waals surface area contributed by atoms with Crippen molar-refractivity contribution in [2.45, 2.75) is 45.3 Å². The van der Waals surface area contributed by atoms with Crippen LogP contribution in [0.3, 0.4) is 0 Å². The lowest BCUT2D eigenvalue weighted by Gasteiger charge is -2.43. The predicted molar refractivity (Wildman–Crippen MR) is 124 cm³/mol. The maximum Gasteiger partial charge on any atom is 0.434 e. The highest BCUT2D eigenvalue weighted by molar-refractivity contribution is 7.15. The maximum atomic E-state index is 14.6. The van der Waals surface area contributed by atoms with E-state index in [9.17, 15) is 26.7 Å². The summed E-state index contributed by atoms with van der Waals surface area (Å²) in [4.78, 5) is 30.9. The van der Waals surface area contributed by atoms with Gasteiger partial charge in [-0.1, -0.05) is 13.0 Å². The molecule has 1 N–H and O–H groups in total. The van der Waals surface area contributed by atoms with Crippen LogP contribution >= 0.6 is 11.3 Å². The lowest BCUT2D eigenvalue weighted by Crippen LogP contribution is -2.57. The Hall–Kier alpha value is -3.22. The number of rotatable bonds is 5. The van der Waals surface area contributed by atoms with Gasteiger partial charge in [-0.25, -0.2) is 23.7 Å². The van der Waals surface area contributed by atoms with Crippen molar-refractivity contribution in [3.8, 4) is 10.6 Å². The highest BCUT2D eigenvalue weighted by Gasteiger charge is 2.47. The van der Waals surface area contributed by atoms with Gasteiger partial charge in [-0.3, -0.25) is 9.78 Å². The summed E-state index contributed by atoms with van der Waals surface area (Å²) in [6.07, 6.45) is -1.92. The molecule has 3 aromatic rings. The molecule has 2 atom stereocenters. The molecule has 1 saturated heterocycles. The average molecular weight is 527 g/mol. The lowest BCUT2D eigenvalue weighted by molar-refractivity contribution is -0.141. The van der Waals surface area contributed by atoms with Gasteiger partial charge in [0.1, 0.15) is 11.5 Å². The number of alkyl halides is 5. The molecular formula is C23H23F5N6OS. The van der Waals surface area contributed by atoms with E-state index in [2.05, 4.69) is 25.3 Å². The number of hydrogen-bond acceptors (Lipinski definition) is 7. The summed E-state index contributed by atoms with van der Waals surface area (Å²) in [7, 11) is 0. The Kier molecular flexibility index (Phi) is 6.95. The highest BCUT2D eigenvalue weighted by Crippen LogP contribution is 2.37. The summed E-state index contributed by atoms with van der Waals surface area (Å²) in [6, 6.07) is 2.89. The predicted octanol–water partition coefficient (Wildman–Crippen LogP) is 5.23. The van der Waals surface area contributed by atoms with E-state index in [0.29, 0.717) is 21.8 Å². The fourth-order valence-electron chi connectivity index (χ4n) is 4.14. The second-order valence-corrected chi connectivity index (χ2v) is 10.0. The molecule has 1 fully saturated rings. The number of hydrogen-bond donors (Lipinski definition) is 1. The number of carbonyl (C=O) groups excluding carboxylic acids is 1. The van der Waals surface area contributed by atoms with Gasteiger partial charge in [0.2, 0.25) is 0 Å². The van der Waals surface area contributed by atoms with Gasteiger partial charge in [-0.15, -0.1) is 11.3 Å². The van der Waals surface area contributed by atoms with Crippen LogP contribution in [0.4, 0.5) is 27.8 Å². The zero-order valence-electron chi connectivity index (χ0n) is 19.6. The second kappa shape index (κ2) is 9.68. The van der Waals surface area contributed by atoms with Gasteiger partial charge in [0.25, 0.3) is 11.8 Å². The van der Waals surface area contributed by atoms with Crippen LogP contribution in [-0.2, 0) is 6.18 Å². The summed E-state index contributed by atoms with van der Waals surface area (Å²) in [5.74, 6) is -4.34. The summed E-state index contributed by atoms with van der Waals surface area (Å²) in [6.45, 7) is 4.38. The molecule has 36 heavy (non-hydrogen) atoms. The first-order chi connectivity index (χ1) is 16.8. The molecular weight excluding hydrogens is 503 g/mol. The molecule has 2 unspecified atom stereocenters. The van der Waals surface area contributed by atoms with Gasteiger partial charge in [-0.2, -0.15) is 13.2 Å². The van der Waals surface area contributed by atoms with Gasteiger partial charge >= 0.3 is 6.18 Å². The van der Waals surface area contributed by atoms with Gasteiger partial charge in [-0.05, 0) is 31.4 Å². The Balaban J connectivity index is 1.60. The normalized spacial score (nSPS) is 19.8. The molecule has 1 amide bonds. The Morgan fingerprint density at radius 1 is 1.17 bits per heavy atom. The van der Waals surface area contributed by atoms with Crippen molar-refractivity contribution in [1.29, 1.82) is 0 Å². The van der Waals surface area contributed by atoms with Crippen molar-refractivity contribution in [2.75, 3.05) is 18.4 Å². The van der Waals surface area contributed by atoms with Crippen molar-refractivity contribution in [3.63, 3.8) is 0 Å². The largest absolute Gasteiger partial charge is 0.434 e. The molecule has 0 saturated carbocycles. The zero-order valence-corrected chi connectivity index (χ0v) is 20.4. The first-order valence-corrected chi connectivity index (χ1v) is 11.9. The quantitative estimate of drug-likeness (QED) is 0.459. The number of nitrogens with one attached hydrogen (secondary N) is 1. The zero-order chi connectivity index (χ0) is 26.3. The van der Waals surface area contributed by atoms with Gasteiger partial charge in [0.05, 0.1) is 40.6 Å². The molecule has 0 bridgehead atoms. The fourth-order valence-corrected chi connectivity index (χ4v) is 5.02. The summed E-state index contributed by atoms with van der Waals surface area (Å²) >= 11 is 1.25. The topological polar surface area (TPSA) is 83.9 Å². The standard InChI is InChI=1S/C23H23F5N6OS/c1-12-4-5-15(29-7-12)20-19(33-14(3)36-20)21(35)34-11-22(24,25)6-13(2)16(34)8-31-18-10-30-17(9-32-18)23(26,27)28/h4-5,7,9-10,13,16H,6,8,11H2,1-3H3,(H,31,32). The molecule has 1 aliphatic heterocycles. The molecule has 7 nitrogen and oxygen atoms in total. The summed E-state index contributed by atoms with van der Waals surface area (Å²) < 4.78 is 67.4.